The van der Waals surface area contributed by atoms with Gasteiger partial charge >= 0.3 is 0 Å². The zero-order valence-electron chi connectivity index (χ0n) is 14.9. The van der Waals surface area contributed by atoms with Gasteiger partial charge in [0.2, 0.25) is 5.95 Å². The second-order valence-electron chi connectivity index (χ2n) is 6.57. The fraction of sp³-hybridized carbons (Fsp3) is 0.333. The van der Waals surface area contributed by atoms with Gasteiger partial charge in [0, 0.05) is 31.1 Å². The summed E-state index contributed by atoms with van der Waals surface area (Å²) in [5, 5.41) is 11.4. The molecule has 0 radical (unpaired) electrons. The van der Waals surface area contributed by atoms with Crippen molar-refractivity contribution in [1.82, 2.24) is 29.2 Å². The highest BCUT2D eigenvalue weighted by Gasteiger charge is 2.14. The van der Waals surface area contributed by atoms with Gasteiger partial charge < -0.3 is 11.1 Å². The standard InChI is InChI=1S/C13H12N8.C5H10/c1-15-12-11-8(3-6-21(11)19-13(14)18-12)9-4-7-20-10(17-9)2-5-16-20;1-5-3-2-4-5/h2-7H,1H3,(H3,14,15,18,19);5H,2-4H2,1H3. The number of fused-ring (bicyclic) bond motifs is 2. The predicted octanol–water partition coefficient (Wildman–Crippen LogP) is 2.87. The Labute approximate surface area is 151 Å². The lowest BCUT2D eigenvalue weighted by molar-refractivity contribution is 0.346. The molecule has 0 amide bonds. The molecule has 0 saturated heterocycles. The molecule has 1 saturated carbocycles. The number of anilines is 2. The van der Waals surface area contributed by atoms with Crippen molar-refractivity contribution in [3.05, 3.63) is 36.8 Å². The first-order valence-corrected chi connectivity index (χ1v) is 8.79. The van der Waals surface area contributed by atoms with Crippen LogP contribution in [0.5, 0.6) is 0 Å². The molecule has 4 aromatic rings. The first-order valence-electron chi connectivity index (χ1n) is 8.79. The number of nitrogen functional groups attached to an aromatic ring is 1. The molecule has 0 unspecified atom stereocenters. The minimum Gasteiger partial charge on any atom is -0.371 e. The molecule has 1 aliphatic rings. The van der Waals surface area contributed by atoms with E-state index in [2.05, 4.69) is 32.4 Å². The number of aromatic nitrogens is 6. The van der Waals surface area contributed by atoms with Crippen LogP contribution in [0, 0.1) is 5.92 Å². The molecule has 5 rings (SSSR count). The van der Waals surface area contributed by atoms with Crippen LogP contribution in [-0.4, -0.2) is 36.2 Å². The van der Waals surface area contributed by atoms with Gasteiger partial charge in [0.1, 0.15) is 5.52 Å². The van der Waals surface area contributed by atoms with Gasteiger partial charge in [-0.3, -0.25) is 0 Å². The van der Waals surface area contributed by atoms with Crippen LogP contribution in [0.1, 0.15) is 26.2 Å². The van der Waals surface area contributed by atoms with Gasteiger partial charge in [-0.15, -0.1) is 5.10 Å². The van der Waals surface area contributed by atoms with Crippen LogP contribution in [0.3, 0.4) is 0 Å². The molecule has 1 aliphatic carbocycles. The molecule has 134 valence electrons. The third-order valence-electron chi connectivity index (χ3n) is 4.69. The summed E-state index contributed by atoms with van der Waals surface area (Å²) in [4.78, 5) is 8.82. The highest BCUT2D eigenvalue weighted by molar-refractivity contribution is 5.87. The molecule has 1 fully saturated rings. The SMILES string of the molecule is CC1CCC1.CNc1nc(N)nn2ccc(-c3ccn4nccc4n3)c12. The van der Waals surface area contributed by atoms with E-state index in [4.69, 9.17) is 5.73 Å². The van der Waals surface area contributed by atoms with E-state index < -0.39 is 0 Å². The van der Waals surface area contributed by atoms with Crippen LogP contribution in [0.2, 0.25) is 0 Å². The first kappa shape index (κ1) is 16.3. The van der Waals surface area contributed by atoms with Gasteiger partial charge in [0.05, 0.1) is 11.9 Å². The van der Waals surface area contributed by atoms with Crippen molar-refractivity contribution < 1.29 is 0 Å². The molecular weight excluding hydrogens is 328 g/mol. The van der Waals surface area contributed by atoms with E-state index in [1.54, 1.807) is 22.3 Å². The molecule has 0 spiro atoms. The monoisotopic (exact) mass is 350 g/mol. The summed E-state index contributed by atoms with van der Waals surface area (Å²) in [6.45, 7) is 2.31. The molecule has 26 heavy (non-hydrogen) atoms. The van der Waals surface area contributed by atoms with Gasteiger partial charge in [-0.25, -0.2) is 14.0 Å². The Morgan fingerprint density at radius 2 is 1.88 bits per heavy atom. The summed E-state index contributed by atoms with van der Waals surface area (Å²) in [6.07, 6.45) is 9.89. The van der Waals surface area contributed by atoms with Crippen molar-refractivity contribution in [3.8, 4) is 11.3 Å². The first-order chi connectivity index (χ1) is 12.7. The van der Waals surface area contributed by atoms with E-state index in [1.807, 2.05) is 30.6 Å². The number of hydrogen-bond acceptors (Lipinski definition) is 6. The molecule has 4 aromatic heterocycles. The fourth-order valence-electron chi connectivity index (χ4n) is 3.00. The minimum absolute atomic E-state index is 0.216. The molecule has 3 N–H and O–H groups in total. The van der Waals surface area contributed by atoms with Crippen molar-refractivity contribution in [3.63, 3.8) is 0 Å². The van der Waals surface area contributed by atoms with Crippen molar-refractivity contribution in [2.45, 2.75) is 26.2 Å². The Balaban J connectivity index is 0.000000292. The lowest BCUT2D eigenvalue weighted by Crippen LogP contribution is -2.05. The predicted molar refractivity (Wildman–Crippen MR) is 102 cm³/mol. The second-order valence-corrected chi connectivity index (χ2v) is 6.57. The molecule has 0 aliphatic heterocycles. The molecule has 8 nitrogen and oxygen atoms in total. The van der Waals surface area contributed by atoms with Crippen LogP contribution in [0.25, 0.3) is 22.4 Å². The Hall–Kier alpha value is -3.16. The molecule has 4 heterocycles. The van der Waals surface area contributed by atoms with Gasteiger partial charge in [-0.2, -0.15) is 10.1 Å². The summed E-state index contributed by atoms with van der Waals surface area (Å²) in [7, 11) is 1.80. The Morgan fingerprint density at radius 3 is 2.58 bits per heavy atom. The Morgan fingerprint density at radius 1 is 1.12 bits per heavy atom. The van der Waals surface area contributed by atoms with Gasteiger partial charge in [-0.1, -0.05) is 26.2 Å². The number of nitrogens with two attached hydrogens (primary N) is 1. The second kappa shape index (κ2) is 6.62. The Bertz CT molecular complexity index is 1040. The maximum Gasteiger partial charge on any atom is 0.240 e. The largest absolute Gasteiger partial charge is 0.371 e. The van der Waals surface area contributed by atoms with Gasteiger partial charge in [0.25, 0.3) is 0 Å². The zero-order chi connectivity index (χ0) is 18.1. The number of rotatable bonds is 2. The van der Waals surface area contributed by atoms with Gasteiger partial charge in [0.15, 0.2) is 11.5 Å². The summed E-state index contributed by atoms with van der Waals surface area (Å²) in [5.74, 6) is 1.95. The third kappa shape index (κ3) is 2.94. The maximum atomic E-state index is 5.70. The lowest BCUT2D eigenvalue weighted by Gasteiger charge is -2.18. The van der Waals surface area contributed by atoms with Crippen molar-refractivity contribution in [2.24, 2.45) is 5.92 Å². The fourth-order valence-corrected chi connectivity index (χ4v) is 3.00. The lowest BCUT2D eigenvalue weighted by atomic mass is 9.88. The summed E-state index contributed by atoms with van der Waals surface area (Å²) >= 11 is 0. The average Bonchev–Trinajstić information content (AvgIpc) is 3.25. The number of nitrogens with zero attached hydrogens (tertiary/aromatic N) is 6. The average molecular weight is 350 g/mol. The van der Waals surface area contributed by atoms with Gasteiger partial charge in [-0.05, 0) is 18.1 Å². The van der Waals surface area contributed by atoms with Crippen molar-refractivity contribution >= 4 is 22.9 Å². The maximum absolute atomic E-state index is 5.70. The highest BCUT2D eigenvalue weighted by Crippen LogP contribution is 2.28. The third-order valence-corrected chi connectivity index (χ3v) is 4.69. The summed E-state index contributed by atoms with van der Waals surface area (Å²) in [5.41, 5.74) is 9.08. The zero-order valence-corrected chi connectivity index (χ0v) is 14.9. The normalized spacial score (nSPS) is 14.1. The van der Waals surface area contributed by atoms with E-state index in [9.17, 15) is 0 Å². The van der Waals surface area contributed by atoms with Crippen molar-refractivity contribution in [1.29, 1.82) is 0 Å². The summed E-state index contributed by atoms with van der Waals surface area (Å²) in [6, 6.07) is 5.71. The summed E-state index contributed by atoms with van der Waals surface area (Å²) < 4.78 is 3.42. The number of nitrogens with one attached hydrogen (secondary N) is 1. The van der Waals surface area contributed by atoms with Crippen molar-refractivity contribution in [2.75, 3.05) is 18.1 Å². The smallest absolute Gasteiger partial charge is 0.240 e. The quantitative estimate of drug-likeness (QED) is 0.577. The molecule has 0 atom stereocenters. The van der Waals surface area contributed by atoms with E-state index in [-0.39, 0.29) is 5.95 Å². The van der Waals surface area contributed by atoms with E-state index in [0.717, 1.165) is 28.3 Å². The van der Waals surface area contributed by atoms with E-state index in [0.29, 0.717) is 5.82 Å². The van der Waals surface area contributed by atoms with Crippen LogP contribution in [0.4, 0.5) is 11.8 Å². The van der Waals surface area contributed by atoms with Crippen LogP contribution >= 0.6 is 0 Å². The van der Waals surface area contributed by atoms with E-state index >= 15 is 0 Å². The topological polar surface area (TPSA) is 98.4 Å². The molecule has 8 heteroatoms. The molecular formula is C18H22N8. The van der Waals surface area contributed by atoms with Crippen LogP contribution in [0.15, 0.2) is 36.8 Å². The van der Waals surface area contributed by atoms with Crippen LogP contribution < -0.4 is 11.1 Å². The van der Waals surface area contributed by atoms with E-state index in [1.165, 1.54) is 19.3 Å². The number of hydrogen-bond donors (Lipinski definition) is 2. The Kier molecular flexibility index (Phi) is 4.16. The van der Waals surface area contributed by atoms with Crippen LogP contribution in [-0.2, 0) is 0 Å². The highest BCUT2D eigenvalue weighted by atomic mass is 15.3. The minimum atomic E-state index is 0.216. The molecule has 0 bridgehead atoms. The molecule has 0 aromatic carbocycles.